The van der Waals surface area contributed by atoms with Crippen molar-refractivity contribution in [3.05, 3.63) is 53.1 Å². The Labute approximate surface area is 152 Å². The lowest BCUT2D eigenvalue weighted by Gasteiger charge is -2.35. The Hall–Kier alpha value is -1.85. The SMILES string of the molecule is COc1cc2c(cc1OC)[C@@H](CS(=O)c1ccc(C)cc1)N(C)CC2. The molecule has 1 aliphatic heterocycles. The molecule has 0 bridgehead atoms. The van der Waals surface area contributed by atoms with Crippen LogP contribution in [0.4, 0.5) is 0 Å². The minimum atomic E-state index is -1.05. The zero-order chi connectivity index (χ0) is 18.0. The van der Waals surface area contributed by atoms with Crippen molar-refractivity contribution in [2.24, 2.45) is 0 Å². The van der Waals surface area contributed by atoms with E-state index >= 15 is 0 Å². The first-order valence-corrected chi connectivity index (χ1v) is 9.75. The molecular formula is C20H25NO3S. The van der Waals surface area contributed by atoms with Gasteiger partial charge in [0.05, 0.1) is 25.0 Å². The molecule has 0 saturated carbocycles. The number of methoxy groups -OCH3 is 2. The van der Waals surface area contributed by atoms with E-state index in [-0.39, 0.29) is 6.04 Å². The first-order valence-electron chi connectivity index (χ1n) is 8.43. The molecule has 1 heterocycles. The lowest BCUT2D eigenvalue weighted by atomic mass is 9.93. The number of benzene rings is 2. The molecule has 134 valence electrons. The van der Waals surface area contributed by atoms with E-state index in [0.717, 1.165) is 29.4 Å². The van der Waals surface area contributed by atoms with Crippen molar-refractivity contribution in [2.45, 2.75) is 24.3 Å². The second kappa shape index (κ2) is 7.58. The number of fused-ring (bicyclic) bond motifs is 1. The number of likely N-dealkylation sites (N-methyl/N-ethyl adjacent to an activating group) is 1. The van der Waals surface area contributed by atoms with Crippen LogP contribution in [-0.4, -0.2) is 42.7 Å². The predicted molar refractivity (Wildman–Crippen MR) is 101 cm³/mol. The van der Waals surface area contributed by atoms with Crippen LogP contribution in [-0.2, 0) is 17.2 Å². The van der Waals surface area contributed by atoms with Crippen LogP contribution in [0, 0.1) is 6.92 Å². The highest BCUT2D eigenvalue weighted by atomic mass is 32.2. The van der Waals surface area contributed by atoms with Gasteiger partial charge < -0.3 is 9.47 Å². The predicted octanol–water partition coefficient (Wildman–Crippen LogP) is 3.35. The van der Waals surface area contributed by atoms with Gasteiger partial charge in [0.15, 0.2) is 11.5 Å². The summed E-state index contributed by atoms with van der Waals surface area (Å²) in [6, 6.07) is 12.2. The Morgan fingerprint density at radius 2 is 1.76 bits per heavy atom. The molecule has 0 fully saturated rings. The van der Waals surface area contributed by atoms with Gasteiger partial charge in [-0.05, 0) is 55.8 Å². The maximum Gasteiger partial charge on any atom is 0.161 e. The van der Waals surface area contributed by atoms with E-state index in [1.54, 1.807) is 14.2 Å². The summed E-state index contributed by atoms with van der Waals surface area (Å²) >= 11 is 0. The highest BCUT2D eigenvalue weighted by Gasteiger charge is 2.28. The van der Waals surface area contributed by atoms with Crippen LogP contribution < -0.4 is 9.47 Å². The highest BCUT2D eigenvalue weighted by molar-refractivity contribution is 7.85. The standard InChI is InChI=1S/C20H25NO3S/c1-14-5-7-16(8-6-14)25(22)13-18-17-12-20(24-4)19(23-3)11-15(17)9-10-21(18)2/h5-8,11-12,18H,9-10,13H2,1-4H3/t18-,25?/m1/s1. The van der Waals surface area contributed by atoms with Crippen molar-refractivity contribution in [1.29, 1.82) is 0 Å². The van der Waals surface area contributed by atoms with E-state index in [9.17, 15) is 4.21 Å². The maximum atomic E-state index is 12.9. The van der Waals surface area contributed by atoms with Crippen LogP contribution in [0.3, 0.4) is 0 Å². The third kappa shape index (κ3) is 3.72. The minimum Gasteiger partial charge on any atom is -0.493 e. The summed E-state index contributed by atoms with van der Waals surface area (Å²) in [5.41, 5.74) is 3.62. The van der Waals surface area contributed by atoms with Crippen LogP contribution in [0.5, 0.6) is 11.5 Å². The molecule has 0 N–H and O–H groups in total. The Kier molecular flexibility index (Phi) is 5.45. The Morgan fingerprint density at radius 1 is 1.12 bits per heavy atom. The van der Waals surface area contributed by atoms with Crippen molar-refractivity contribution in [1.82, 2.24) is 4.90 Å². The van der Waals surface area contributed by atoms with Crippen molar-refractivity contribution >= 4 is 10.8 Å². The van der Waals surface area contributed by atoms with Crippen LogP contribution in [0.25, 0.3) is 0 Å². The number of hydrogen-bond acceptors (Lipinski definition) is 4. The van der Waals surface area contributed by atoms with Crippen molar-refractivity contribution in [2.75, 3.05) is 33.6 Å². The quantitative estimate of drug-likeness (QED) is 0.821. The van der Waals surface area contributed by atoms with E-state index < -0.39 is 10.8 Å². The van der Waals surface area contributed by atoms with Gasteiger partial charge in [-0.15, -0.1) is 0 Å². The summed E-state index contributed by atoms with van der Waals surface area (Å²) in [6.07, 6.45) is 0.958. The van der Waals surface area contributed by atoms with Gasteiger partial charge in [-0.3, -0.25) is 9.11 Å². The van der Waals surface area contributed by atoms with E-state index in [1.165, 1.54) is 16.7 Å². The molecule has 25 heavy (non-hydrogen) atoms. The fourth-order valence-corrected chi connectivity index (χ4v) is 4.65. The molecular weight excluding hydrogens is 334 g/mol. The maximum absolute atomic E-state index is 12.9. The minimum absolute atomic E-state index is 0.102. The molecule has 0 aromatic heterocycles. The molecule has 5 heteroatoms. The van der Waals surface area contributed by atoms with Crippen LogP contribution in [0.1, 0.15) is 22.7 Å². The molecule has 0 aliphatic carbocycles. The summed E-state index contributed by atoms with van der Waals surface area (Å²) in [7, 11) is 4.35. The van der Waals surface area contributed by atoms with Gasteiger partial charge in [0.25, 0.3) is 0 Å². The second-order valence-corrected chi connectivity index (χ2v) is 7.97. The van der Waals surface area contributed by atoms with Crippen LogP contribution in [0.15, 0.2) is 41.3 Å². The van der Waals surface area contributed by atoms with Gasteiger partial charge in [0.1, 0.15) is 0 Å². The van der Waals surface area contributed by atoms with Gasteiger partial charge in [0.2, 0.25) is 0 Å². The molecule has 2 aromatic rings. The van der Waals surface area contributed by atoms with E-state index in [2.05, 4.69) is 18.0 Å². The molecule has 0 spiro atoms. The molecule has 3 rings (SSSR count). The fourth-order valence-electron chi connectivity index (χ4n) is 3.30. The van der Waals surface area contributed by atoms with Gasteiger partial charge in [0, 0.05) is 23.2 Å². The fraction of sp³-hybridized carbons (Fsp3) is 0.400. The molecule has 4 nitrogen and oxygen atoms in total. The number of rotatable bonds is 5. The Bertz CT molecular complexity index is 773. The second-order valence-electron chi connectivity index (χ2n) is 6.48. The van der Waals surface area contributed by atoms with Gasteiger partial charge in [-0.25, -0.2) is 0 Å². The zero-order valence-electron chi connectivity index (χ0n) is 15.2. The third-order valence-electron chi connectivity index (χ3n) is 4.86. The number of hydrogen-bond donors (Lipinski definition) is 0. The lowest BCUT2D eigenvalue weighted by molar-refractivity contribution is 0.248. The molecule has 0 saturated heterocycles. The summed E-state index contributed by atoms with van der Waals surface area (Å²) in [5.74, 6) is 2.05. The number of nitrogens with zero attached hydrogens (tertiary/aromatic N) is 1. The van der Waals surface area contributed by atoms with E-state index in [1.807, 2.05) is 37.3 Å². The van der Waals surface area contributed by atoms with Crippen LogP contribution in [0.2, 0.25) is 0 Å². The summed E-state index contributed by atoms with van der Waals surface area (Å²) < 4.78 is 23.8. The van der Waals surface area contributed by atoms with Crippen molar-refractivity contribution in [3.8, 4) is 11.5 Å². The van der Waals surface area contributed by atoms with Crippen LogP contribution >= 0.6 is 0 Å². The third-order valence-corrected chi connectivity index (χ3v) is 6.28. The van der Waals surface area contributed by atoms with Crippen molar-refractivity contribution in [3.63, 3.8) is 0 Å². The van der Waals surface area contributed by atoms with Crippen molar-refractivity contribution < 1.29 is 13.7 Å². The highest BCUT2D eigenvalue weighted by Crippen LogP contribution is 2.38. The Morgan fingerprint density at radius 3 is 2.40 bits per heavy atom. The molecule has 0 amide bonds. The monoisotopic (exact) mass is 359 g/mol. The van der Waals surface area contributed by atoms with E-state index in [0.29, 0.717) is 5.75 Å². The average molecular weight is 359 g/mol. The first kappa shape index (κ1) is 18.0. The average Bonchev–Trinajstić information content (AvgIpc) is 2.63. The van der Waals surface area contributed by atoms with Gasteiger partial charge in [-0.1, -0.05) is 17.7 Å². The molecule has 2 atom stereocenters. The van der Waals surface area contributed by atoms with Gasteiger partial charge >= 0.3 is 0 Å². The normalized spacial score (nSPS) is 18.5. The summed E-state index contributed by atoms with van der Waals surface area (Å²) in [5, 5.41) is 0. The molecule has 2 aromatic carbocycles. The summed E-state index contributed by atoms with van der Waals surface area (Å²) in [4.78, 5) is 3.16. The zero-order valence-corrected chi connectivity index (χ0v) is 16.1. The van der Waals surface area contributed by atoms with Gasteiger partial charge in [-0.2, -0.15) is 0 Å². The first-order chi connectivity index (χ1) is 12.0. The number of ether oxygens (including phenoxy) is 2. The molecule has 1 unspecified atom stereocenters. The lowest BCUT2D eigenvalue weighted by Crippen LogP contribution is -2.35. The number of aryl methyl sites for hydroxylation is 1. The largest absolute Gasteiger partial charge is 0.493 e. The molecule has 1 aliphatic rings. The Balaban J connectivity index is 1.91. The smallest absolute Gasteiger partial charge is 0.161 e. The van der Waals surface area contributed by atoms with E-state index in [4.69, 9.17) is 9.47 Å². The topological polar surface area (TPSA) is 38.8 Å². The summed E-state index contributed by atoms with van der Waals surface area (Å²) in [6.45, 7) is 2.98. The molecule has 0 radical (unpaired) electrons.